The van der Waals surface area contributed by atoms with Crippen LogP contribution in [0.3, 0.4) is 0 Å². The van der Waals surface area contributed by atoms with E-state index in [1.165, 1.54) is 18.2 Å². The fraction of sp³-hybridized carbons (Fsp3) is 0.214. The van der Waals surface area contributed by atoms with Crippen molar-refractivity contribution in [2.24, 2.45) is 0 Å². The molecule has 23 heavy (non-hydrogen) atoms. The third-order valence-corrected chi connectivity index (χ3v) is 3.23. The van der Waals surface area contributed by atoms with Gasteiger partial charge in [0.25, 0.3) is 0 Å². The number of aromatic nitrogens is 1. The Morgan fingerprint density at radius 3 is 2.09 bits per heavy atom. The predicted molar refractivity (Wildman–Crippen MR) is 71.1 cm³/mol. The van der Waals surface area contributed by atoms with Gasteiger partial charge in [-0.2, -0.15) is 30.7 Å². The zero-order valence-corrected chi connectivity index (χ0v) is 11.3. The van der Waals surface area contributed by atoms with Crippen molar-refractivity contribution in [3.63, 3.8) is 0 Å². The Morgan fingerprint density at radius 2 is 1.57 bits per heavy atom. The minimum atomic E-state index is -6.45. The summed E-state index contributed by atoms with van der Waals surface area (Å²) in [5.41, 5.74) is 2.85. The lowest BCUT2D eigenvalue weighted by atomic mass is 9.93. The third-order valence-electron chi connectivity index (χ3n) is 3.23. The smallest absolute Gasteiger partial charge is 0.383 e. The van der Waals surface area contributed by atoms with Gasteiger partial charge >= 0.3 is 18.0 Å². The minimum Gasteiger partial charge on any atom is -0.383 e. The summed E-state index contributed by atoms with van der Waals surface area (Å²) in [5.74, 6) is -12.5. The van der Waals surface area contributed by atoms with Crippen molar-refractivity contribution in [2.45, 2.75) is 18.0 Å². The van der Waals surface area contributed by atoms with E-state index in [-0.39, 0.29) is 5.52 Å². The van der Waals surface area contributed by atoms with Crippen LogP contribution in [0.5, 0.6) is 0 Å². The molecule has 0 fully saturated rings. The molecule has 2 rings (SSSR count). The van der Waals surface area contributed by atoms with E-state index >= 15 is 0 Å². The number of para-hydroxylation sites is 1. The molecule has 0 aliphatic heterocycles. The second-order valence-corrected chi connectivity index (χ2v) is 4.65. The van der Waals surface area contributed by atoms with Crippen molar-refractivity contribution in [2.75, 3.05) is 5.73 Å². The van der Waals surface area contributed by atoms with E-state index in [0.29, 0.717) is 6.08 Å². The highest BCUT2D eigenvalue weighted by molar-refractivity contribution is 5.89. The maximum atomic E-state index is 14.2. The number of nitrogens with two attached hydrogens (primary N) is 1. The first-order valence-electron chi connectivity index (χ1n) is 6.08. The summed E-state index contributed by atoms with van der Waals surface area (Å²) in [4.78, 5) is 3.71. The van der Waals surface area contributed by atoms with E-state index in [9.17, 15) is 30.7 Å². The third kappa shape index (κ3) is 2.40. The average molecular weight is 338 g/mol. The highest BCUT2D eigenvalue weighted by Gasteiger charge is 2.74. The Morgan fingerprint density at radius 1 is 1.00 bits per heavy atom. The fourth-order valence-corrected chi connectivity index (χ4v) is 2.13. The average Bonchev–Trinajstić information content (AvgIpc) is 2.44. The Hall–Kier alpha value is -2.32. The van der Waals surface area contributed by atoms with Crippen LogP contribution in [-0.4, -0.2) is 17.1 Å². The summed E-state index contributed by atoms with van der Waals surface area (Å²) in [6, 6.07) is 4.69. The van der Waals surface area contributed by atoms with Gasteiger partial charge in [-0.05, 0) is 6.07 Å². The lowest BCUT2D eigenvalue weighted by Crippen LogP contribution is -2.50. The number of halogens is 7. The molecule has 2 N–H and O–H groups in total. The monoisotopic (exact) mass is 338 g/mol. The second kappa shape index (κ2) is 5.10. The molecule has 0 aliphatic carbocycles. The number of rotatable bonds is 3. The number of benzene rings is 1. The van der Waals surface area contributed by atoms with E-state index in [1.807, 2.05) is 0 Å². The van der Waals surface area contributed by atoms with Gasteiger partial charge in [-0.15, -0.1) is 0 Å². The van der Waals surface area contributed by atoms with Crippen molar-refractivity contribution in [1.29, 1.82) is 0 Å². The van der Waals surface area contributed by atoms with Crippen LogP contribution in [0.1, 0.15) is 11.1 Å². The predicted octanol–water partition coefficient (Wildman–Crippen LogP) is 4.75. The van der Waals surface area contributed by atoms with Gasteiger partial charge < -0.3 is 5.73 Å². The summed E-state index contributed by atoms with van der Waals surface area (Å²) in [7, 11) is 0. The SMILES string of the molecule is C=Cc1c(N)nc2ccccc2c1C(F)(F)C(F)(F)C(F)(F)F. The summed E-state index contributed by atoms with van der Waals surface area (Å²) in [6.07, 6.45) is -5.78. The van der Waals surface area contributed by atoms with Crippen LogP contribution in [0, 0.1) is 0 Å². The normalized spacial score (nSPS) is 13.3. The van der Waals surface area contributed by atoms with Crippen LogP contribution in [0.2, 0.25) is 0 Å². The van der Waals surface area contributed by atoms with Crippen molar-refractivity contribution >= 4 is 22.8 Å². The zero-order valence-electron chi connectivity index (χ0n) is 11.3. The van der Waals surface area contributed by atoms with Gasteiger partial charge in [-0.1, -0.05) is 30.9 Å². The standard InChI is InChI=1S/C14H9F7N2/c1-2-7-10(12(15,16)13(17,18)14(19,20)21)8-5-3-4-6-9(8)23-11(7)22/h2-6H,1H2,(H2,22,23). The molecular weight excluding hydrogens is 329 g/mol. The zero-order chi connectivity index (χ0) is 17.6. The van der Waals surface area contributed by atoms with Crippen molar-refractivity contribution < 1.29 is 30.7 Å². The molecule has 2 aromatic rings. The molecule has 0 saturated carbocycles. The molecule has 1 aromatic carbocycles. The van der Waals surface area contributed by atoms with Gasteiger partial charge in [0, 0.05) is 16.5 Å². The molecule has 0 spiro atoms. The van der Waals surface area contributed by atoms with Crippen molar-refractivity contribution in [3.05, 3.63) is 42.0 Å². The quantitative estimate of drug-likeness (QED) is 0.821. The molecule has 1 heterocycles. The first-order valence-corrected chi connectivity index (χ1v) is 6.08. The number of hydrogen-bond donors (Lipinski definition) is 1. The van der Waals surface area contributed by atoms with Gasteiger partial charge in [0.15, 0.2) is 0 Å². The van der Waals surface area contributed by atoms with Gasteiger partial charge in [0.05, 0.1) is 5.52 Å². The number of nitrogen functional groups attached to an aromatic ring is 1. The van der Waals surface area contributed by atoms with Crippen LogP contribution in [-0.2, 0) is 5.92 Å². The number of hydrogen-bond acceptors (Lipinski definition) is 2. The molecule has 0 radical (unpaired) electrons. The van der Waals surface area contributed by atoms with E-state index in [1.54, 1.807) is 0 Å². The molecule has 0 aliphatic rings. The highest BCUT2D eigenvalue weighted by Crippen LogP contribution is 2.54. The number of anilines is 1. The molecule has 0 unspecified atom stereocenters. The molecule has 9 heteroatoms. The van der Waals surface area contributed by atoms with Gasteiger partial charge in [-0.25, -0.2) is 4.98 Å². The topological polar surface area (TPSA) is 38.9 Å². The number of alkyl halides is 7. The Kier molecular flexibility index (Phi) is 3.78. The second-order valence-electron chi connectivity index (χ2n) is 4.65. The molecular formula is C14H9F7N2. The molecule has 0 atom stereocenters. The Balaban J connectivity index is 2.93. The molecule has 1 aromatic heterocycles. The number of pyridine rings is 1. The maximum Gasteiger partial charge on any atom is 0.460 e. The largest absolute Gasteiger partial charge is 0.460 e. The summed E-state index contributed by atoms with van der Waals surface area (Å²) >= 11 is 0. The Bertz CT molecular complexity index is 766. The van der Waals surface area contributed by atoms with Gasteiger partial charge in [0.1, 0.15) is 5.82 Å². The fourth-order valence-electron chi connectivity index (χ4n) is 2.13. The lowest BCUT2D eigenvalue weighted by molar-refractivity contribution is -0.359. The van der Waals surface area contributed by atoms with Crippen molar-refractivity contribution in [3.8, 4) is 0 Å². The summed E-state index contributed by atoms with van der Waals surface area (Å²) < 4.78 is 92.5. The van der Waals surface area contributed by atoms with Crippen molar-refractivity contribution in [1.82, 2.24) is 4.98 Å². The van der Waals surface area contributed by atoms with Crippen LogP contribution in [0.4, 0.5) is 36.6 Å². The minimum absolute atomic E-state index is 0.233. The molecule has 0 amide bonds. The van der Waals surface area contributed by atoms with Crippen LogP contribution in [0.15, 0.2) is 30.8 Å². The van der Waals surface area contributed by atoms with E-state index in [2.05, 4.69) is 11.6 Å². The van der Waals surface area contributed by atoms with Gasteiger partial charge in [-0.3, -0.25) is 0 Å². The lowest BCUT2D eigenvalue weighted by Gasteiger charge is -2.30. The molecule has 0 bridgehead atoms. The van der Waals surface area contributed by atoms with E-state index in [4.69, 9.17) is 5.73 Å². The van der Waals surface area contributed by atoms with Crippen LogP contribution >= 0.6 is 0 Å². The number of nitrogens with zero attached hydrogens (tertiary/aromatic N) is 1. The first kappa shape index (κ1) is 17.0. The Labute approximate surface area is 125 Å². The molecule has 2 nitrogen and oxygen atoms in total. The molecule has 124 valence electrons. The van der Waals surface area contributed by atoms with Crippen LogP contribution < -0.4 is 5.73 Å². The van der Waals surface area contributed by atoms with E-state index < -0.39 is 40.4 Å². The summed E-state index contributed by atoms with van der Waals surface area (Å²) in [6.45, 7) is 3.14. The van der Waals surface area contributed by atoms with Gasteiger partial charge in [0.2, 0.25) is 0 Å². The van der Waals surface area contributed by atoms with Crippen LogP contribution in [0.25, 0.3) is 17.0 Å². The maximum absolute atomic E-state index is 14.2. The highest BCUT2D eigenvalue weighted by atomic mass is 19.4. The van der Waals surface area contributed by atoms with E-state index in [0.717, 1.165) is 6.07 Å². The molecule has 0 saturated heterocycles. The first-order chi connectivity index (χ1) is 10.4. The summed E-state index contributed by atoms with van der Waals surface area (Å²) in [5, 5.41) is -0.564. The number of fused-ring (bicyclic) bond motifs is 1.